The second kappa shape index (κ2) is 11.2. The Bertz CT molecular complexity index is 503. The van der Waals surface area contributed by atoms with Gasteiger partial charge in [-0.2, -0.15) is 11.3 Å². The van der Waals surface area contributed by atoms with Crippen LogP contribution in [0.1, 0.15) is 18.9 Å². The zero-order chi connectivity index (χ0) is 14.8. The molecule has 6 nitrogen and oxygen atoms in total. The number of guanidine groups is 1. The van der Waals surface area contributed by atoms with Crippen LogP contribution in [0.15, 0.2) is 21.8 Å². The van der Waals surface area contributed by atoms with Crippen LogP contribution in [0, 0.1) is 0 Å². The minimum atomic E-state index is -3.10. The van der Waals surface area contributed by atoms with Crippen LogP contribution in [0.2, 0.25) is 0 Å². The summed E-state index contributed by atoms with van der Waals surface area (Å²) in [5, 5.41) is 10.4. The molecule has 0 saturated heterocycles. The lowest BCUT2D eigenvalue weighted by Gasteiger charge is -2.11. The van der Waals surface area contributed by atoms with E-state index in [9.17, 15) is 8.42 Å². The maximum atomic E-state index is 10.9. The average Bonchev–Trinajstić information content (AvgIpc) is 2.87. The van der Waals surface area contributed by atoms with E-state index in [-0.39, 0.29) is 24.0 Å². The summed E-state index contributed by atoms with van der Waals surface area (Å²) in [6, 6.07) is 2.05. The van der Waals surface area contributed by atoms with Gasteiger partial charge >= 0.3 is 0 Å². The van der Waals surface area contributed by atoms with Gasteiger partial charge in [-0.25, -0.2) is 18.1 Å². The van der Waals surface area contributed by atoms with Gasteiger partial charge in [0.2, 0.25) is 10.0 Å². The second-order valence-corrected chi connectivity index (χ2v) is 6.89. The lowest BCUT2D eigenvalue weighted by Crippen LogP contribution is -2.38. The fraction of sp³-hybridized carbons (Fsp3) is 0.583. The Kier molecular flexibility index (Phi) is 11.0. The lowest BCUT2D eigenvalue weighted by atomic mass is 10.3. The highest BCUT2D eigenvalue weighted by molar-refractivity contribution is 14.0. The van der Waals surface area contributed by atoms with E-state index in [2.05, 4.69) is 25.7 Å². The van der Waals surface area contributed by atoms with Crippen molar-refractivity contribution in [2.75, 3.05) is 25.9 Å². The number of hydrogen-bond acceptors (Lipinski definition) is 4. The zero-order valence-corrected chi connectivity index (χ0v) is 16.2. The number of hydrogen-bond donors (Lipinski definition) is 3. The third-order valence-corrected chi connectivity index (χ3v) is 3.81. The van der Waals surface area contributed by atoms with Gasteiger partial charge in [-0.15, -0.1) is 24.0 Å². The van der Waals surface area contributed by atoms with Crippen LogP contribution in [0.3, 0.4) is 0 Å². The van der Waals surface area contributed by atoms with Gasteiger partial charge in [-0.05, 0) is 35.7 Å². The molecule has 1 heterocycles. The molecule has 0 saturated carbocycles. The Morgan fingerprint density at radius 1 is 1.33 bits per heavy atom. The van der Waals surface area contributed by atoms with E-state index >= 15 is 0 Å². The topological polar surface area (TPSA) is 82.6 Å². The summed E-state index contributed by atoms with van der Waals surface area (Å²) in [6.45, 7) is 4.53. The number of aliphatic imine (C=N–C) groups is 1. The third kappa shape index (κ3) is 10.9. The molecule has 0 radical (unpaired) electrons. The summed E-state index contributed by atoms with van der Waals surface area (Å²) >= 11 is 1.66. The molecule has 9 heteroatoms. The molecule has 122 valence electrons. The number of halogens is 1. The summed E-state index contributed by atoms with van der Waals surface area (Å²) < 4.78 is 24.3. The van der Waals surface area contributed by atoms with E-state index in [1.54, 1.807) is 11.3 Å². The second-order valence-electron chi connectivity index (χ2n) is 4.27. The number of nitrogens with zero attached hydrogens (tertiary/aromatic N) is 1. The van der Waals surface area contributed by atoms with Crippen molar-refractivity contribution in [3.05, 3.63) is 22.4 Å². The Morgan fingerprint density at radius 3 is 2.67 bits per heavy atom. The monoisotopic (exact) mass is 446 g/mol. The van der Waals surface area contributed by atoms with E-state index in [0.717, 1.165) is 18.8 Å². The molecule has 0 aliphatic heterocycles. The average molecular weight is 446 g/mol. The van der Waals surface area contributed by atoms with Gasteiger partial charge in [0.05, 0.1) is 12.8 Å². The molecule has 0 fully saturated rings. The van der Waals surface area contributed by atoms with Crippen molar-refractivity contribution in [3.8, 4) is 0 Å². The van der Waals surface area contributed by atoms with Gasteiger partial charge in [0.1, 0.15) is 0 Å². The first-order chi connectivity index (χ1) is 9.51. The van der Waals surface area contributed by atoms with Gasteiger partial charge in [0.15, 0.2) is 5.96 Å². The van der Waals surface area contributed by atoms with Gasteiger partial charge < -0.3 is 10.6 Å². The zero-order valence-electron chi connectivity index (χ0n) is 12.3. The molecule has 0 aromatic carbocycles. The number of sulfonamides is 1. The van der Waals surface area contributed by atoms with E-state index in [1.165, 1.54) is 5.56 Å². The quantitative estimate of drug-likeness (QED) is 0.244. The molecule has 0 atom stereocenters. The molecular formula is C12H23IN4O2S2. The van der Waals surface area contributed by atoms with Crippen molar-refractivity contribution < 1.29 is 8.42 Å². The molecule has 0 amide bonds. The fourth-order valence-corrected chi connectivity index (χ4v) is 2.62. The molecule has 1 aromatic heterocycles. The standard InChI is InChI=1S/C12H22N4O2S2.HI/c1-3-13-12(15-9-11-5-8-19-10-11)14-6-4-7-16-20(2,17)18;/h5,8,10,16H,3-4,6-7,9H2,1-2H3,(H2,13,14,15);1H. The molecule has 21 heavy (non-hydrogen) atoms. The van der Waals surface area contributed by atoms with Crippen molar-refractivity contribution in [2.45, 2.75) is 19.9 Å². The van der Waals surface area contributed by atoms with Crippen LogP contribution in [-0.2, 0) is 16.6 Å². The molecule has 0 aliphatic rings. The molecule has 0 spiro atoms. The van der Waals surface area contributed by atoms with E-state index < -0.39 is 10.0 Å². The maximum Gasteiger partial charge on any atom is 0.208 e. The predicted octanol–water partition coefficient (Wildman–Crippen LogP) is 1.36. The third-order valence-electron chi connectivity index (χ3n) is 2.35. The van der Waals surface area contributed by atoms with Gasteiger partial charge in [-0.1, -0.05) is 0 Å². The first kappa shape index (κ1) is 20.6. The van der Waals surface area contributed by atoms with Crippen molar-refractivity contribution >= 4 is 51.3 Å². The smallest absolute Gasteiger partial charge is 0.208 e. The molecule has 1 aromatic rings. The first-order valence-electron chi connectivity index (χ1n) is 6.49. The summed E-state index contributed by atoms with van der Waals surface area (Å²) in [5.74, 6) is 0.748. The highest BCUT2D eigenvalue weighted by atomic mass is 127. The number of thiophene rings is 1. The SMILES string of the molecule is CCNC(=NCc1ccsc1)NCCCNS(C)(=O)=O.I. The van der Waals surface area contributed by atoms with E-state index in [0.29, 0.717) is 26.1 Å². The molecule has 1 rings (SSSR count). The maximum absolute atomic E-state index is 10.9. The van der Waals surface area contributed by atoms with Crippen LogP contribution >= 0.6 is 35.3 Å². The lowest BCUT2D eigenvalue weighted by molar-refractivity contribution is 0.584. The molecule has 0 bridgehead atoms. The van der Waals surface area contributed by atoms with Gasteiger partial charge in [0.25, 0.3) is 0 Å². The van der Waals surface area contributed by atoms with Crippen LogP contribution < -0.4 is 15.4 Å². The first-order valence-corrected chi connectivity index (χ1v) is 9.32. The molecule has 0 unspecified atom stereocenters. The number of rotatable bonds is 8. The van der Waals surface area contributed by atoms with Crippen molar-refractivity contribution in [1.82, 2.24) is 15.4 Å². The molecular weight excluding hydrogens is 423 g/mol. The van der Waals surface area contributed by atoms with Crippen molar-refractivity contribution in [3.63, 3.8) is 0 Å². The highest BCUT2D eigenvalue weighted by Gasteiger charge is 2.00. The van der Waals surface area contributed by atoms with Crippen LogP contribution in [0.25, 0.3) is 0 Å². The van der Waals surface area contributed by atoms with Gasteiger partial charge in [0, 0.05) is 19.6 Å². The normalized spacial score (nSPS) is 11.8. The van der Waals surface area contributed by atoms with Crippen LogP contribution in [-0.4, -0.2) is 40.3 Å². The van der Waals surface area contributed by atoms with E-state index in [1.807, 2.05) is 18.4 Å². The Morgan fingerprint density at radius 2 is 2.10 bits per heavy atom. The summed E-state index contributed by atoms with van der Waals surface area (Å²) in [6.07, 6.45) is 1.86. The van der Waals surface area contributed by atoms with Crippen LogP contribution in [0.4, 0.5) is 0 Å². The van der Waals surface area contributed by atoms with Gasteiger partial charge in [-0.3, -0.25) is 0 Å². The van der Waals surface area contributed by atoms with Crippen molar-refractivity contribution in [1.29, 1.82) is 0 Å². The molecule has 3 N–H and O–H groups in total. The largest absolute Gasteiger partial charge is 0.357 e. The minimum absolute atomic E-state index is 0. The number of nitrogens with one attached hydrogen (secondary N) is 3. The fourth-order valence-electron chi connectivity index (χ4n) is 1.45. The van der Waals surface area contributed by atoms with Crippen LogP contribution in [0.5, 0.6) is 0 Å². The molecule has 0 aliphatic carbocycles. The minimum Gasteiger partial charge on any atom is -0.357 e. The highest BCUT2D eigenvalue weighted by Crippen LogP contribution is 2.06. The van der Waals surface area contributed by atoms with Crippen molar-refractivity contribution in [2.24, 2.45) is 4.99 Å². The summed E-state index contributed by atoms with van der Waals surface area (Å²) in [7, 11) is -3.10. The predicted molar refractivity (Wildman–Crippen MR) is 100 cm³/mol. The summed E-state index contributed by atoms with van der Waals surface area (Å²) in [4.78, 5) is 4.46. The Balaban J connectivity index is 0.00000400. The Labute approximate surface area is 147 Å². The summed E-state index contributed by atoms with van der Waals surface area (Å²) in [5.41, 5.74) is 1.19. The Hall–Kier alpha value is -0.390. The van der Waals surface area contributed by atoms with E-state index in [4.69, 9.17) is 0 Å².